The minimum atomic E-state index is -0.746. The molecule has 0 aliphatic carbocycles. The summed E-state index contributed by atoms with van der Waals surface area (Å²) in [5, 5.41) is 2.56. The van der Waals surface area contributed by atoms with E-state index in [2.05, 4.69) is 15.3 Å². The summed E-state index contributed by atoms with van der Waals surface area (Å²) in [7, 11) is 1.71. The Labute approximate surface area is 216 Å². The molecule has 0 unspecified atom stereocenters. The predicted molar refractivity (Wildman–Crippen MR) is 139 cm³/mol. The molecule has 2 aromatic carbocycles. The van der Waals surface area contributed by atoms with Gasteiger partial charge in [-0.05, 0) is 55.0 Å². The van der Waals surface area contributed by atoms with Crippen molar-refractivity contribution >= 4 is 22.8 Å². The van der Waals surface area contributed by atoms with Crippen LogP contribution in [-0.2, 0) is 13.5 Å². The Balaban J connectivity index is 1.44. The highest BCUT2D eigenvalue weighted by molar-refractivity contribution is 6.05. The summed E-state index contributed by atoms with van der Waals surface area (Å²) in [6, 6.07) is 14.1. The Morgan fingerprint density at radius 3 is 2.55 bits per heavy atom. The number of nitrogens with zero attached hydrogens (tertiary/aromatic N) is 4. The summed E-state index contributed by atoms with van der Waals surface area (Å²) in [5.74, 6) is -1.48. The van der Waals surface area contributed by atoms with Gasteiger partial charge in [-0.25, -0.2) is 13.8 Å². The van der Waals surface area contributed by atoms with E-state index in [-0.39, 0.29) is 17.0 Å². The summed E-state index contributed by atoms with van der Waals surface area (Å²) >= 11 is 0. The highest BCUT2D eigenvalue weighted by Crippen LogP contribution is 2.27. The lowest BCUT2D eigenvalue weighted by Gasteiger charge is -2.13. The van der Waals surface area contributed by atoms with Gasteiger partial charge in [0.15, 0.2) is 11.6 Å². The lowest BCUT2D eigenvalue weighted by molar-refractivity contribution is 0.102. The third kappa shape index (κ3) is 4.88. The highest BCUT2D eigenvalue weighted by Gasteiger charge is 2.20. The largest absolute Gasteiger partial charge is 0.454 e. The maximum Gasteiger partial charge on any atom is 0.269 e. The maximum atomic E-state index is 14.8. The zero-order valence-electron chi connectivity index (χ0n) is 20.6. The van der Waals surface area contributed by atoms with Crippen molar-refractivity contribution in [2.24, 2.45) is 7.05 Å². The monoisotopic (exact) mass is 515 g/mol. The van der Waals surface area contributed by atoms with Gasteiger partial charge in [0.2, 0.25) is 0 Å². The van der Waals surface area contributed by atoms with Crippen LogP contribution in [0.1, 0.15) is 29.4 Å². The smallest absolute Gasteiger partial charge is 0.269 e. The van der Waals surface area contributed by atoms with Crippen LogP contribution in [-0.4, -0.2) is 25.0 Å². The molecule has 1 N–H and O–H groups in total. The number of aryl methyl sites for hydroxylation is 2. The van der Waals surface area contributed by atoms with Crippen LogP contribution in [0.15, 0.2) is 78.0 Å². The minimum Gasteiger partial charge on any atom is -0.454 e. The molecule has 1 amide bonds. The molecule has 0 radical (unpaired) electrons. The first-order chi connectivity index (χ1) is 18.3. The molecule has 0 saturated heterocycles. The molecule has 192 valence electrons. The first-order valence-corrected chi connectivity index (χ1v) is 11.9. The zero-order valence-corrected chi connectivity index (χ0v) is 20.6. The fourth-order valence-electron chi connectivity index (χ4n) is 4.12. The van der Waals surface area contributed by atoms with E-state index in [0.29, 0.717) is 22.6 Å². The van der Waals surface area contributed by atoms with Crippen LogP contribution >= 0.6 is 0 Å². The molecule has 10 heteroatoms. The number of hydrogen-bond acceptors (Lipinski definition) is 5. The van der Waals surface area contributed by atoms with E-state index in [1.165, 1.54) is 53.4 Å². The van der Waals surface area contributed by atoms with Crippen LogP contribution in [0.3, 0.4) is 0 Å². The molecule has 8 nitrogen and oxygen atoms in total. The number of carbonyl (C=O) groups is 1. The molecule has 3 heterocycles. The van der Waals surface area contributed by atoms with Gasteiger partial charge >= 0.3 is 0 Å². The van der Waals surface area contributed by atoms with E-state index in [0.717, 1.165) is 24.6 Å². The standard InChI is InChI=1S/C28H23F2N5O3/c1-3-4-18-13-21(11-12-31-18)38-25-10-7-19(14-23(25)30)33-26(36)22-15-24-27(34(2)16-32-24)35(28(22)37)20-8-5-17(29)6-9-20/h5-16H,3-4H2,1-2H3,(H,33,36). The average Bonchev–Trinajstić information content (AvgIpc) is 3.26. The van der Waals surface area contributed by atoms with Gasteiger partial charge < -0.3 is 14.6 Å². The first kappa shape index (κ1) is 24.8. The molecule has 0 bridgehead atoms. The molecule has 0 saturated carbocycles. The molecule has 5 rings (SSSR count). The number of fused-ring (bicyclic) bond motifs is 1. The normalized spacial score (nSPS) is 11.1. The number of hydrogen-bond donors (Lipinski definition) is 1. The fourth-order valence-corrected chi connectivity index (χ4v) is 4.12. The SMILES string of the molecule is CCCc1cc(Oc2ccc(NC(=O)c3cc4ncn(C)c4n(-c4ccc(F)cc4)c3=O)cc2F)ccn1. The van der Waals surface area contributed by atoms with E-state index < -0.39 is 23.1 Å². The van der Waals surface area contributed by atoms with Crippen molar-refractivity contribution in [3.63, 3.8) is 0 Å². The summed E-state index contributed by atoms with van der Waals surface area (Å²) < 4.78 is 36.9. The quantitative estimate of drug-likeness (QED) is 0.314. The first-order valence-electron chi connectivity index (χ1n) is 11.9. The Hall–Kier alpha value is -4.86. The van der Waals surface area contributed by atoms with Crippen molar-refractivity contribution in [3.05, 3.63) is 106 Å². The van der Waals surface area contributed by atoms with E-state index in [1.807, 2.05) is 6.92 Å². The molecule has 3 aromatic heterocycles. The average molecular weight is 516 g/mol. The second-order valence-electron chi connectivity index (χ2n) is 8.67. The minimum absolute atomic E-state index is 0.0229. The number of imidazole rings is 1. The van der Waals surface area contributed by atoms with Gasteiger partial charge in [0, 0.05) is 36.8 Å². The lowest BCUT2D eigenvalue weighted by atomic mass is 10.2. The van der Waals surface area contributed by atoms with Crippen LogP contribution < -0.4 is 15.6 Å². The molecule has 0 aliphatic rings. The summed E-state index contributed by atoms with van der Waals surface area (Å²) in [6.45, 7) is 2.04. The van der Waals surface area contributed by atoms with Crippen molar-refractivity contribution in [2.45, 2.75) is 19.8 Å². The number of benzene rings is 2. The van der Waals surface area contributed by atoms with Crippen molar-refractivity contribution in [1.82, 2.24) is 19.1 Å². The van der Waals surface area contributed by atoms with Gasteiger partial charge in [0.1, 0.15) is 28.3 Å². The van der Waals surface area contributed by atoms with Crippen LogP contribution in [0.2, 0.25) is 0 Å². The van der Waals surface area contributed by atoms with E-state index in [1.54, 1.807) is 29.9 Å². The number of carbonyl (C=O) groups excluding carboxylic acids is 1. The fraction of sp³-hybridized carbons (Fsp3) is 0.143. The molecule has 0 spiro atoms. The van der Waals surface area contributed by atoms with E-state index in [9.17, 15) is 18.4 Å². The molecule has 0 fully saturated rings. The predicted octanol–water partition coefficient (Wildman–Crippen LogP) is 5.39. The second-order valence-corrected chi connectivity index (χ2v) is 8.67. The zero-order chi connectivity index (χ0) is 26.8. The Kier molecular flexibility index (Phi) is 6.69. The van der Waals surface area contributed by atoms with Crippen molar-refractivity contribution in [2.75, 3.05) is 5.32 Å². The number of ether oxygens (including phenoxy) is 1. The third-order valence-corrected chi connectivity index (χ3v) is 5.90. The van der Waals surface area contributed by atoms with Crippen molar-refractivity contribution < 1.29 is 18.3 Å². The van der Waals surface area contributed by atoms with Crippen LogP contribution in [0.4, 0.5) is 14.5 Å². The number of aromatic nitrogens is 4. The van der Waals surface area contributed by atoms with E-state index in [4.69, 9.17) is 4.74 Å². The van der Waals surface area contributed by atoms with Gasteiger partial charge in [-0.3, -0.25) is 19.1 Å². The molecular weight excluding hydrogens is 492 g/mol. The number of amides is 1. The van der Waals surface area contributed by atoms with Gasteiger partial charge in [0.05, 0.1) is 12.0 Å². The molecule has 0 atom stereocenters. The van der Waals surface area contributed by atoms with Gasteiger partial charge in [-0.2, -0.15) is 0 Å². The number of nitrogens with one attached hydrogen (secondary N) is 1. The summed E-state index contributed by atoms with van der Waals surface area (Å²) in [4.78, 5) is 35.1. The Morgan fingerprint density at radius 1 is 1.03 bits per heavy atom. The lowest BCUT2D eigenvalue weighted by Crippen LogP contribution is -2.29. The van der Waals surface area contributed by atoms with E-state index >= 15 is 0 Å². The summed E-state index contributed by atoms with van der Waals surface area (Å²) in [5.41, 5.74) is 1.32. The number of pyridine rings is 2. The number of anilines is 1. The van der Waals surface area contributed by atoms with Crippen LogP contribution in [0.25, 0.3) is 16.9 Å². The molecular formula is C28H23F2N5O3. The maximum absolute atomic E-state index is 14.8. The molecule has 38 heavy (non-hydrogen) atoms. The van der Waals surface area contributed by atoms with Crippen LogP contribution in [0, 0.1) is 11.6 Å². The van der Waals surface area contributed by atoms with Crippen LogP contribution in [0.5, 0.6) is 11.5 Å². The third-order valence-electron chi connectivity index (χ3n) is 5.90. The van der Waals surface area contributed by atoms with Gasteiger partial charge in [-0.15, -0.1) is 0 Å². The molecule has 5 aromatic rings. The summed E-state index contributed by atoms with van der Waals surface area (Å²) in [6.07, 6.45) is 4.80. The Morgan fingerprint density at radius 2 is 1.82 bits per heavy atom. The van der Waals surface area contributed by atoms with Crippen molar-refractivity contribution in [1.29, 1.82) is 0 Å². The van der Waals surface area contributed by atoms with Gasteiger partial charge in [0.25, 0.3) is 11.5 Å². The van der Waals surface area contributed by atoms with Crippen molar-refractivity contribution in [3.8, 4) is 17.2 Å². The number of rotatable bonds is 7. The second kappa shape index (κ2) is 10.3. The topological polar surface area (TPSA) is 91.0 Å². The van der Waals surface area contributed by atoms with Gasteiger partial charge in [-0.1, -0.05) is 13.3 Å². The Bertz CT molecular complexity index is 1710. The highest BCUT2D eigenvalue weighted by atomic mass is 19.1. The molecule has 0 aliphatic heterocycles. The number of halogens is 2.